The summed E-state index contributed by atoms with van der Waals surface area (Å²) in [6, 6.07) is 9.30. The summed E-state index contributed by atoms with van der Waals surface area (Å²) in [6.07, 6.45) is 1.11. The molecule has 102 valence electrons. The highest BCUT2D eigenvalue weighted by Crippen LogP contribution is 2.10. The number of hydrogen-bond donors (Lipinski definition) is 1. The van der Waals surface area contributed by atoms with Crippen LogP contribution in [0.2, 0.25) is 0 Å². The first-order chi connectivity index (χ1) is 8.56. The Kier molecular flexibility index (Phi) is 6.37. The molecule has 0 bridgehead atoms. The maximum atomic E-state index is 3.60. The number of rotatable bonds is 7. The summed E-state index contributed by atoms with van der Waals surface area (Å²) in [5, 5.41) is 3.60. The molecule has 1 aromatic rings. The van der Waals surface area contributed by atoms with Gasteiger partial charge in [0, 0.05) is 19.1 Å². The fraction of sp³-hybridized carbons (Fsp3) is 0.625. The lowest BCUT2D eigenvalue weighted by Gasteiger charge is -2.28. The second kappa shape index (κ2) is 7.55. The number of aryl methyl sites for hydroxylation is 1. The molecular formula is C16H28N2. The monoisotopic (exact) mass is 248 g/mol. The van der Waals surface area contributed by atoms with Gasteiger partial charge in [-0.05, 0) is 37.6 Å². The van der Waals surface area contributed by atoms with Crippen LogP contribution in [-0.4, -0.2) is 31.6 Å². The Morgan fingerprint density at radius 3 is 2.22 bits per heavy atom. The van der Waals surface area contributed by atoms with Crippen molar-refractivity contribution in [3.63, 3.8) is 0 Å². The van der Waals surface area contributed by atoms with E-state index in [1.165, 1.54) is 11.1 Å². The van der Waals surface area contributed by atoms with Crippen LogP contribution in [0.15, 0.2) is 24.3 Å². The largest absolute Gasteiger partial charge is 0.311 e. The van der Waals surface area contributed by atoms with E-state index in [0.29, 0.717) is 12.0 Å². The van der Waals surface area contributed by atoms with Crippen LogP contribution >= 0.6 is 0 Å². The molecular weight excluding hydrogens is 220 g/mol. The number of benzene rings is 1. The molecule has 0 saturated carbocycles. The summed E-state index contributed by atoms with van der Waals surface area (Å²) in [6.45, 7) is 8.80. The first kappa shape index (κ1) is 15.2. The molecule has 1 aromatic carbocycles. The van der Waals surface area contributed by atoms with Crippen molar-refractivity contribution in [2.24, 2.45) is 5.92 Å². The minimum absolute atomic E-state index is 0.596. The Morgan fingerprint density at radius 2 is 1.72 bits per heavy atom. The third-order valence-corrected chi connectivity index (χ3v) is 3.60. The average molecular weight is 248 g/mol. The zero-order valence-corrected chi connectivity index (χ0v) is 12.5. The summed E-state index contributed by atoms with van der Waals surface area (Å²) in [7, 11) is 4.32. The lowest BCUT2D eigenvalue weighted by atomic mass is 10.0. The number of likely N-dealkylation sites (N-methyl/N-ethyl adjacent to an activating group) is 1. The molecule has 18 heavy (non-hydrogen) atoms. The zero-order chi connectivity index (χ0) is 13.5. The number of nitrogens with one attached hydrogen (secondary N) is 1. The first-order valence-electron chi connectivity index (χ1n) is 7.00. The fourth-order valence-corrected chi connectivity index (χ4v) is 2.44. The number of nitrogens with zero attached hydrogens (tertiary/aromatic N) is 1. The molecule has 0 heterocycles. The maximum absolute atomic E-state index is 3.60. The van der Waals surface area contributed by atoms with Crippen molar-refractivity contribution in [3.05, 3.63) is 35.4 Å². The molecule has 1 N–H and O–H groups in total. The Labute approximate surface area is 112 Å². The smallest absolute Gasteiger partial charge is 0.0237 e. The lowest BCUT2D eigenvalue weighted by Crippen LogP contribution is -2.41. The van der Waals surface area contributed by atoms with Crippen molar-refractivity contribution in [2.45, 2.75) is 39.8 Å². The van der Waals surface area contributed by atoms with Crippen LogP contribution in [0.3, 0.4) is 0 Å². The predicted octanol–water partition coefficient (Wildman–Crippen LogP) is 2.92. The van der Waals surface area contributed by atoms with Crippen molar-refractivity contribution in [1.82, 2.24) is 10.2 Å². The summed E-state index contributed by atoms with van der Waals surface area (Å²) < 4.78 is 0. The van der Waals surface area contributed by atoms with Crippen molar-refractivity contribution in [1.29, 1.82) is 0 Å². The molecule has 2 heteroatoms. The molecule has 2 nitrogen and oxygen atoms in total. The second-order valence-electron chi connectivity index (χ2n) is 5.53. The van der Waals surface area contributed by atoms with Gasteiger partial charge in [-0.25, -0.2) is 0 Å². The average Bonchev–Trinajstić information content (AvgIpc) is 2.34. The summed E-state index contributed by atoms with van der Waals surface area (Å²) in [5.41, 5.74) is 2.89. The van der Waals surface area contributed by atoms with Crippen LogP contribution in [0.4, 0.5) is 0 Å². The van der Waals surface area contributed by atoms with E-state index in [9.17, 15) is 0 Å². The number of hydrogen-bond acceptors (Lipinski definition) is 2. The van der Waals surface area contributed by atoms with E-state index in [2.05, 4.69) is 69.3 Å². The first-order valence-corrected chi connectivity index (χ1v) is 7.00. The molecule has 0 spiro atoms. The molecule has 1 atom stereocenters. The quantitative estimate of drug-likeness (QED) is 0.798. The van der Waals surface area contributed by atoms with Gasteiger partial charge in [-0.1, -0.05) is 45.0 Å². The minimum Gasteiger partial charge on any atom is -0.311 e. The lowest BCUT2D eigenvalue weighted by molar-refractivity contribution is 0.224. The van der Waals surface area contributed by atoms with Gasteiger partial charge in [0.05, 0.1) is 0 Å². The van der Waals surface area contributed by atoms with Crippen LogP contribution in [0, 0.1) is 5.92 Å². The molecule has 0 saturated heterocycles. The Morgan fingerprint density at radius 1 is 1.11 bits per heavy atom. The second-order valence-corrected chi connectivity index (χ2v) is 5.53. The maximum Gasteiger partial charge on any atom is 0.0237 e. The van der Waals surface area contributed by atoms with Gasteiger partial charge in [0.1, 0.15) is 0 Å². The van der Waals surface area contributed by atoms with Crippen molar-refractivity contribution >= 4 is 0 Å². The molecule has 0 aliphatic carbocycles. The van der Waals surface area contributed by atoms with Gasteiger partial charge in [-0.15, -0.1) is 0 Å². The van der Waals surface area contributed by atoms with E-state index < -0.39 is 0 Å². The van der Waals surface area contributed by atoms with Crippen LogP contribution in [0.5, 0.6) is 0 Å². The third kappa shape index (κ3) is 4.43. The standard InChI is InChI=1S/C16H28N2/c1-6-14-9-7-8-10-15(14)11-17-12-16(13(2)3)18(4)5/h7-10,13,16-17H,6,11-12H2,1-5H3. The van der Waals surface area contributed by atoms with Gasteiger partial charge in [0.25, 0.3) is 0 Å². The molecule has 0 aliphatic rings. The normalized spacial score (nSPS) is 13.3. The topological polar surface area (TPSA) is 15.3 Å². The van der Waals surface area contributed by atoms with Gasteiger partial charge in [0.15, 0.2) is 0 Å². The summed E-state index contributed by atoms with van der Waals surface area (Å²) >= 11 is 0. The summed E-state index contributed by atoms with van der Waals surface area (Å²) in [4.78, 5) is 2.31. The molecule has 0 fully saturated rings. The van der Waals surface area contributed by atoms with Crippen LogP contribution < -0.4 is 5.32 Å². The van der Waals surface area contributed by atoms with E-state index in [1.807, 2.05) is 0 Å². The Balaban J connectivity index is 2.50. The molecule has 0 amide bonds. The SMILES string of the molecule is CCc1ccccc1CNCC(C(C)C)N(C)C. The van der Waals surface area contributed by atoms with Gasteiger partial charge in [-0.3, -0.25) is 0 Å². The minimum atomic E-state index is 0.596. The van der Waals surface area contributed by atoms with E-state index in [-0.39, 0.29) is 0 Å². The molecule has 1 rings (SSSR count). The van der Waals surface area contributed by atoms with Gasteiger partial charge in [0.2, 0.25) is 0 Å². The fourth-order valence-electron chi connectivity index (χ4n) is 2.44. The highest BCUT2D eigenvalue weighted by molar-refractivity contribution is 5.26. The zero-order valence-electron chi connectivity index (χ0n) is 12.5. The van der Waals surface area contributed by atoms with Crippen LogP contribution in [-0.2, 0) is 13.0 Å². The van der Waals surface area contributed by atoms with E-state index >= 15 is 0 Å². The van der Waals surface area contributed by atoms with Gasteiger partial charge >= 0.3 is 0 Å². The van der Waals surface area contributed by atoms with Crippen molar-refractivity contribution in [3.8, 4) is 0 Å². The highest BCUT2D eigenvalue weighted by atomic mass is 15.1. The van der Waals surface area contributed by atoms with Gasteiger partial charge in [-0.2, -0.15) is 0 Å². The Bertz CT molecular complexity index is 337. The van der Waals surface area contributed by atoms with E-state index in [4.69, 9.17) is 0 Å². The predicted molar refractivity (Wildman–Crippen MR) is 79.8 cm³/mol. The van der Waals surface area contributed by atoms with Gasteiger partial charge < -0.3 is 10.2 Å². The van der Waals surface area contributed by atoms with E-state index in [1.54, 1.807) is 0 Å². The summed E-state index contributed by atoms with van der Waals surface area (Å²) in [5.74, 6) is 0.675. The molecule has 0 aliphatic heterocycles. The molecule has 0 aromatic heterocycles. The molecule has 1 unspecified atom stereocenters. The highest BCUT2D eigenvalue weighted by Gasteiger charge is 2.14. The van der Waals surface area contributed by atoms with Crippen molar-refractivity contribution < 1.29 is 0 Å². The van der Waals surface area contributed by atoms with Crippen LogP contribution in [0.25, 0.3) is 0 Å². The van der Waals surface area contributed by atoms with E-state index in [0.717, 1.165) is 19.5 Å². The third-order valence-electron chi connectivity index (χ3n) is 3.60. The Hall–Kier alpha value is -0.860. The van der Waals surface area contributed by atoms with Crippen LogP contribution in [0.1, 0.15) is 31.9 Å². The molecule has 0 radical (unpaired) electrons. The van der Waals surface area contributed by atoms with Crippen molar-refractivity contribution in [2.75, 3.05) is 20.6 Å².